The lowest BCUT2D eigenvalue weighted by Gasteiger charge is -2.31. The van der Waals surface area contributed by atoms with Crippen LogP contribution in [0.15, 0.2) is 24.7 Å². The van der Waals surface area contributed by atoms with Gasteiger partial charge < -0.3 is 14.6 Å². The molecule has 4 nitrogen and oxygen atoms in total. The Morgan fingerprint density at radius 2 is 2.35 bits per heavy atom. The minimum absolute atomic E-state index is 0.194. The van der Waals surface area contributed by atoms with Gasteiger partial charge >= 0.3 is 0 Å². The van der Waals surface area contributed by atoms with Gasteiger partial charge in [-0.15, -0.1) is 0 Å². The molecule has 1 fully saturated rings. The van der Waals surface area contributed by atoms with Crippen molar-refractivity contribution in [3.05, 3.63) is 30.4 Å². The number of allylic oxidation sites excluding steroid dienone is 2. The molecule has 0 unspecified atom stereocenters. The largest absolute Gasteiger partial charge is 0.372 e. The van der Waals surface area contributed by atoms with Crippen molar-refractivity contribution in [1.29, 1.82) is 0 Å². The van der Waals surface area contributed by atoms with Crippen LogP contribution in [0.1, 0.15) is 43.9 Å². The minimum atomic E-state index is 0.194. The quantitative estimate of drug-likeness (QED) is 0.858. The van der Waals surface area contributed by atoms with Gasteiger partial charge in [-0.2, -0.15) is 0 Å². The van der Waals surface area contributed by atoms with Crippen LogP contribution in [0.5, 0.6) is 0 Å². The maximum atomic E-state index is 5.91. The summed E-state index contributed by atoms with van der Waals surface area (Å²) >= 11 is 0. The summed E-state index contributed by atoms with van der Waals surface area (Å²) < 4.78 is 7.98. The van der Waals surface area contributed by atoms with E-state index in [9.17, 15) is 0 Å². The SMILES string of the molecule is Cn1cncc1[C@@H]1C[C@@H](NC[C@@H]2CC=CCC2)CCO1. The first-order chi connectivity index (χ1) is 9.83. The average Bonchev–Trinajstić information content (AvgIpc) is 2.93. The summed E-state index contributed by atoms with van der Waals surface area (Å²) in [6, 6.07) is 0.578. The van der Waals surface area contributed by atoms with Crippen molar-refractivity contribution in [2.75, 3.05) is 13.2 Å². The molecule has 1 aromatic rings. The number of hydrogen-bond acceptors (Lipinski definition) is 3. The van der Waals surface area contributed by atoms with E-state index >= 15 is 0 Å². The second kappa shape index (κ2) is 6.55. The van der Waals surface area contributed by atoms with E-state index in [1.807, 2.05) is 19.6 Å². The summed E-state index contributed by atoms with van der Waals surface area (Å²) in [5.41, 5.74) is 1.19. The summed E-state index contributed by atoms with van der Waals surface area (Å²) in [4.78, 5) is 4.20. The van der Waals surface area contributed by atoms with Crippen LogP contribution in [0.3, 0.4) is 0 Å². The third kappa shape index (κ3) is 3.30. The van der Waals surface area contributed by atoms with Gasteiger partial charge in [-0.3, -0.25) is 0 Å². The van der Waals surface area contributed by atoms with Crippen molar-refractivity contribution >= 4 is 0 Å². The zero-order valence-electron chi connectivity index (χ0n) is 12.3. The predicted octanol–water partition coefficient (Wildman–Crippen LogP) is 2.59. The maximum Gasteiger partial charge on any atom is 0.100 e. The summed E-state index contributed by atoms with van der Waals surface area (Å²) in [7, 11) is 2.04. The molecule has 0 spiro atoms. The Morgan fingerprint density at radius 3 is 3.10 bits per heavy atom. The Hall–Kier alpha value is -1.13. The van der Waals surface area contributed by atoms with Crippen molar-refractivity contribution in [2.24, 2.45) is 13.0 Å². The Morgan fingerprint density at radius 1 is 1.40 bits per heavy atom. The van der Waals surface area contributed by atoms with Crippen molar-refractivity contribution < 1.29 is 4.74 Å². The molecular formula is C16H25N3O. The number of ether oxygens (including phenoxy) is 1. The van der Waals surface area contributed by atoms with Gasteiger partial charge in [0.25, 0.3) is 0 Å². The molecule has 0 saturated carbocycles. The molecule has 3 rings (SSSR count). The predicted molar refractivity (Wildman–Crippen MR) is 79.4 cm³/mol. The third-order valence-electron chi connectivity index (χ3n) is 4.54. The standard InChI is InChI=1S/C16H25N3O/c1-19-12-17-11-15(19)16-9-14(7-8-20-16)18-10-13-5-3-2-4-6-13/h2-3,11-14,16,18H,4-10H2,1H3/t13-,14+,16+/m1/s1. The van der Waals surface area contributed by atoms with E-state index in [0.29, 0.717) is 6.04 Å². The maximum absolute atomic E-state index is 5.91. The normalized spacial score (nSPS) is 30.6. The van der Waals surface area contributed by atoms with Crippen LogP contribution < -0.4 is 5.32 Å². The highest BCUT2D eigenvalue weighted by molar-refractivity contribution is 5.04. The molecule has 1 N–H and O–H groups in total. The zero-order valence-corrected chi connectivity index (χ0v) is 12.3. The van der Waals surface area contributed by atoms with E-state index in [1.165, 1.54) is 25.0 Å². The number of aryl methyl sites for hydroxylation is 1. The van der Waals surface area contributed by atoms with Crippen molar-refractivity contribution in [1.82, 2.24) is 14.9 Å². The van der Waals surface area contributed by atoms with E-state index in [1.54, 1.807) is 0 Å². The minimum Gasteiger partial charge on any atom is -0.372 e. The van der Waals surface area contributed by atoms with Crippen molar-refractivity contribution in [3.8, 4) is 0 Å². The molecule has 0 radical (unpaired) electrons. The lowest BCUT2D eigenvalue weighted by atomic mass is 9.93. The molecule has 0 amide bonds. The first-order valence-corrected chi connectivity index (χ1v) is 7.79. The Bertz CT molecular complexity index is 454. The lowest BCUT2D eigenvalue weighted by Crippen LogP contribution is -2.39. The van der Waals surface area contributed by atoms with Crippen LogP contribution >= 0.6 is 0 Å². The molecule has 0 aromatic carbocycles. The number of hydrogen-bond donors (Lipinski definition) is 1. The topological polar surface area (TPSA) is 39.1 Å². The number of aromatic nitrogens is 2. The summed E-state index contributed by atoms with van der Waals surface area (Å²) in [6.45, 7) is 1.99. The zero-order chi connectivity index (χ0) is 13.8. The van der Waals surface area contributed by atoms with E-state index < -0.39 is 0 Å². The van der Waals surface area contributed by atoms with Crippen molar-refractivity contribution in [3.63, 3.8) is 0 Å². The van der Waals surface area contributed by atoms with Gasteiger partial charge in [-0.25, -0.2) is 4.98 Å². The van der Waals surface area contributed by atoms with Crippen LogP contribution in [0.25, 0.3) is 0 Å². The third-order valence-corrected chi connectivity index (χ3v) is 4.54. The molecule has 1 aliphatic heterocycles. The van der Waals surface area contributed by atoms with Crippen LogP contribution in [-0.2, 0) is 11.8 Å². The smallest absolute Gasteiger partial charge is 0.100 e. The molecular weight excluding hydrogens is 250 g/mol. The van der Waals surface area contributed by atoms with Gasteiger partial charge in [-0.05, 0) is 44.6 Å². The Kier molecular flexibility index (Phi) is 4.53. The number of nitrogens with one attached hydrogen (secondary N) is 1. The Balaban J connectivity index is 1.50. The molecule has 110 valence electrons. The highest BCUT2D eigenvalue weighted by Crippen LogP contribution is 2.28. The van der Waals surface area contributed by atoms with Crippen LogP contribution in [-0.4, -0.2) is 28.7 Å². The van der Waals surface area contributed by atoms with Crippen LogP contribution in [0.4, 0.5) is 0 Å². The molecule has 1 aromatic heterocycles. The highest BCUT2D eigenvalue weighted by atomic mass is 16.5. The second-order valence-corrected chi connectivity index (χ2v) is 6.07. The van der Waals surface area contributed by atoms with E-state index in [2.05, 4.69) is 27.0 Å². The molecule has 1 saturated heterocycles. The summed E-state index contributed by atoms with van der Waals surface area (Å²) in [6.07, 6.45) is 14.6. The van der Waals surface area contributed by atoms with Crippen molar-refractivity contribution in [2.45, 2.75) is 44.2 Å². The average molecular weight is 275 g/mol. The second-order valence-electron chi connectivity index (χ2n) is 6.07. The van der Waals surface area contributed by atoms with Gasteiger partial charge in [0.15, 0.2) is 0 Å². The highest BCUT2D eigenvalue weighted by Gasteiger charge is 2.26. The monoisotopic (exact) mass is 275 g/mol. The molecule has 2 aliphatic rings. The molecule has 20 heavy (non-hydrogen) atoms. The molecule has 0 bridgehead atoms. The number of rotatable bonds is 4. The van der Waals surface area contributed by atoms with E-state index in [0.717, 1.165) is 31.9 Å². The molecule has 2 heterocycles. The first-order valence-electron chi connectivity index (χ1n) is 7.79. The lowest BCUT2D eigenvalue weighted by molar-refractivity contribution is -0.00435. The number of nitrogens with zero attached hydrogens (tertiary/aromatic N) is 2. The summed E-state index contributed by atoms with van der Waals surface area (Å²) in [5, 5.41) is 3.76. The van der Waals surface area contributed by atoms with Gasteiger partial charge in [0, 0.05) is 19.7 Å². The molecule has 3 atom stereocenters. The number of imidazole rings is 1. The first kappa shape index (κ1) is 13.8. The van der Waals surface area contributed by atoms with Gasteiger partial charge in [0.1, 0.15) is 6.10 Å². The molecule has 1 aliphatic carbocycles. The summed E-state index contributed by atoms with van der Waals surface area (Å²) in [5.74, 6) is 0.818. The van der Waals surface area contributed by atoms with E-state index in [-0.39, 0.29) is 6.10 Å². The fourth-order valence-electron chi connectivity index (χ4n) is 3.24. The van der Waals surface area contributed by atoms with Gasteiger partial charge in [0.05, 0.1) is 18.2 Å². The van der Waals surface area contributed by atoms with Gasteiger partial charge in [-0.1, -0.05) is 12.2 Å². The fourth-order valence-corrected chi connectivity index (χ4v) is 3.24. The Labute approximate surface area is 121 Å². The van der Waals surface area contributed by atoms with Crippen LogP contribution in [0, 0.1) is 5.92 Å². The molecule has 4 heteroatoms. The van der Waals surface area contributed by atoms with E-state index in [4.69, 9.17) is 4.74 Å². The fraction of sp³-hybridized carbons (Fsp3) is 0.688. The van der Waals surface area contributed by atoms with Gasteiger partial charge in [0.2, 0.25) is 0 Å². The van der Waals surface area contributed by atoms with Crippen LogP contribution in [0.2, 0.25) is 0 Å².